The minimum absolute atomic E-state index is 0.0704. The molecule has 112 valence electrons. The molecule has 2 atom stereocenters. The summed E-state index contributed by atoms with van der Waals surface area (Å²) in [6.45, 7) is 6.97. The molecule has 0 spiro atoms. The summed E-state index contributed by atoms with van der Waals surface area (Å²) >= 11 is 0. The number of nitrogens with zero attached hydrogens (tertiary/aromatic N) is 1. The van der Waals surface area contributed by atoms with E-state index in [0.717, 1.165) is 18.4 Å². The van der Waals surface area contributed by atoms with Gasteiger partial charge in [0, 0.05) is 13.1 Å². The van der Waals surface area contributed by atoms with Crippen molar-refractivity contribution in [1.82, 2.24) is 4.90 Å². The Hall–Kier alpha value is -1.42. The Morgan fingerprint density at radius 2 is 1.90 bits per heavy atom. The molecule has 4 heteroatoms. The Kier molecular flexibility index (Phi) is 6.65. The quantitative estimate of drug-likeness (QED) is 0.834. The largest absolute Gasteiger partial charge is 0.336 e. The predicted molar refractivity (Wildman–Crippen MR) is 79.7 cm³/mol. The molecule has 3 nitrogen and oxygen atoms in total. The smallest absolute Gasteiger partial charge is 0.227 e. The number of hydrogen-bond donors (Lipinski definition) is 1. The van der Waals surface area contributed by atoms with Crippen LogP contribution in [0.3, 0.4) is 0 Å². The Bertz CT molecular complexity index is 419. The van der Waals surface area contributed by atoms with Crippen LogP contribution in [0.25, 0.3) is 0 Å². The van der Waals surface area contributed by atoms with Crippen LogP contribution < -0.4 is 5.73 Å². The van der Waals surface area contributed by atoms with Crippen molar-refractivity contribution in [2.24, 2.45) is 11.7 Å². The molecular weight excluding hydrogens is 255 g/mol. The monoisotopic (exact) mass is 280 g/mol. The Balaban J connectivity index is 2.88. The van der Waals surface area contributed by atoms with Gasteiger partial charge in [0.05, 0.1) is 12.0 Å². The average molecular weight is 280 g/mol. The van der Waals surface area contributed by atoms with Crippen molar-refractivity contribution in [2.45, 2.75) is 39.7 Å². The lowest BCUT2D eigenvalue weighted by Gasteiger charge is -2.31. The molecule has 2 unspecified atom stereocenters. The third kappa shape index (κ3) is 4.04. The highest BCUT2D eigenvalue weighted by atomic mass is 19.1. The van der Waals surface area contributed by atoms with Crippen molar-refractivity contribution in [2.75, 3.05) is 13.1 Å². The maximum atomic E-state index is 13.0. The number of carbonyl (C=O) groups excluding carboxylic acids is 1. The van der Waals surface area contributed by atoms with Crippen LogP contribution in [0, 0.1) is 11.7 Å². The van der Waals surface area contributed by atoms with E-state index in [9.17, 15) is 9.18 Å². The van der Waals surface area contributed by atoms with Gasteiger partial charge in [0.2, 0.25) is 5.91 Å². The van der Waals surface area contributed by atoms with Crippen molar-refractivity contribution in [3.05, 3.63) is 35.6 Å². The number of rotatable bonds is 7. The third-order valence-corrected chi connectivity index (χ3v) is 3.71. The summed E-state index contributed by atoms with van der Waals surface area (Å²) < 4.78 is 13.0. The first-order valence-electron chi connectivity index (χ1n) is 7.31. The van der Waals surface area contributed by atoms with E-state index < -0.39 is 0 Å². The summed E-state index contributed by atoms with van der Waals surface area (Å²) in [5.41, 5.74) is 6.65. The summed E-state index contributed by atoms with van der Waals surface area (Å²) in [4.78, 5) is 14.4. The molecule has 0 aromatic heterocycles. The summed E-state index contributed by atoms with van der Waals surface area (Å²) in [6.07, 6.45) is 1.75. The van der Waals surface area contributed by atoms with E-state index in [-0.39, 0.29) is 23.7 Å². The Labute approximate surface area is 121 Å². The van der Waals surface area contributed by atoms with Crippen LogP contribution in [-0.2, 0) is 4.79 Å². The topological polar surface area (TPSA) is 46.3 Å². The van der Waals surface area contributed by atoms with E-state index in [1.54, 1.807) is 12.1 Å². The van der Waals surface area contributed by atoms with E-state index >= 15 is 0 Å². The second-order valence-corrected chi connectivity index (χ2v) is 5.07. The molecule has 1 aromatic carbocycles. The van der Waals surface area contributed by atoms with Crippen LogP contribution in [0.2, 0.25) is 0 Å². The summed E-state index contributed by atoms with van der Waals surface area (Å²) in [5.74, 6) is -0.294. The molecule has 0 fully saturated rings. The molecule has 1 aromatic rings. The highest BCUT2D eigenvalue weighted by Crippen LogP contribution is 2.23. The lowest BCUT2D eigenvalue weighted by atomic mass is 9.99. The molecule has 0 aliphatic carbocycles. The SMILES string of the molecule is CCCC(CN)C(=O)N(CC)C(C)c1ccc(F)cc1. The van der Waals surface area contributed by atoms with Crippen LogP contribution in [0.5, 0.6) is 0 Å². The van der Waals surface area contributed by atoms with Gasteiger partial charge in [-0.05, 0) is 38.0 Å². The normalized spacial score (nSPS) is 13.8. The molecular formula is C16H25FN2O. The highest BCUT2D eigenvalue weighted by molar-refractivity contribution is 5.79. The first-order chi connectivity index (χ1) is 9.54. The van der Waals surface area contributed by atoms with Crippen molar-refractivity contribution in [3.63, 3.8) is 0 Å². The van der Waals surface area contributed by atoms with Gasteiger partial charge in [-0.3, -0.25) is 4.79 Å². The fourth-order valence-electron chi connectivity index (χ4n) is 2.47. The molecule has 0 aliphatic rings. The first-order valence-corrected chi connectivity index (χ1v) is 7.31. The van der Waals surface area contributed by atoms with Crippen LogP contribution in [0.4, 0.5) is 4.39 Å². The molecule has 1 amide bonds. The second kappa shape index (κ2) is 8.00. The van der Waals surface area contributed by atoms with E-state index in [1.165, 1.54) is 12.1 Å². The number of nitrogens with two attached hydrogens (primary N) is 1. The average Bonchev–Trinajstić information content (AvgIpc) is 2.45. The summed E-state index contributed by atoms with van der Waals surface area (Å²) in [7, 11) is 0. The lowest BCUT2D eigenvalue weighted by molar-refractivity contribution is -0.137. The van der Waals surface area contributed by atoms with Gasteiger partial charge in [0.25, 0.3) is 0 Å². The number of hydrogen-bond acceptors (Lipinski definition) is 2. The maximum Gasteiger partial charge on any atom is 0.227 e. The van der Waals surface area contributed by atoms with E-state index in [2.05, 4.69) is 6.92 Å². The standard InChI is InChI=1S/C16H25FN2O/c1-4-6-14(11-18)16(20)19(5-2)12(3)13-7-9-15(17)10-8-13/h7-10,12,14H,4-6,11,18H2,1-3H3. The number of halogens is 1. The summed E-state index contributed by atoms with van der Waals surface area (Å²) in [6, 6.07) is 6.24. The lowest BCUT2D eigenvalue weighted by Crippen LogP contribution is -2.40. The molecule has 0 bridgehead atoms. The fraction of sp³-hybridized carbons (Fsp3) is 0.562. The maximum absolute atomic E-state index is 13.0. The minimum Gasteiger partial charge on any atom is -0.336 e. The molecule has 0 radical (unpaired) electrons. The van der Waals surface area contributed by atoms with E-state index in [1.807, 2.05) is 18.7 Å². The van der Waals surface area contributed by atoms with Gasteiger partial charge >= 0.3 is 0 Å². The van der Waals surface area contributed by atoms with Crippen LogP contribution in [0.1, 0.15) is 45.2 Å². The summed E-state index contributed by atoms with van der Waals surface area (Å²) in [5, 5.41) is 0. The Morgan fingerprint density at radius 1 is 1.30 bits per heavy atom. The van der Waals surface area contributed by atoms with Crippen molar-refractivity contribution >= 4 is 5.91 Å². The highest BCUT2D eigenvalue weighted by Gasteiger charge is 2.25. The first kappa shape index (κ1) is 16.6. The van der Waals surface area contributed by atoms with Crippen molar-refractivity contribution < 1.29 is 9.18 Å². The molecule has 0 saturated carbocycles. The van der Waals surface area contributed by atoms with Gasteiger partial charge in [0.15, 0.2) is 0 Å². The van der Waals surface area contributed by atoms with Crippen molar-refractivity contribution in [1.29, 1.82) is 0 Å². The zero-order chi connectivity index (χ0) is 15.1. The number of benzene rings is 1. The van der Waals surface area contributed by atoms with Crippen LogP contribution >= 0.6 is 0 Å². The van der Waals surface area contributed by atoms with Crippen molar-refractivity contribution in [3.8, 4) is 0 Å². The van der Waals surface area contributed by atoms with Gasteiger partial charge < -0.3 is 10.6 Å². The Morgan fingerprint density at radius 3 is 2.35 bits per heavy atom. The predicted octanol–water partition coefficient (Wildman–Crippen LogP) is 3.11. The van der Waals surface area contributed by atoms with Gasteiger partial charge in [0.1, 0.15) is 5.82 Å². The van der Waals surface area contributed by atoms with E-state index in [4.69, 9.17) is 5.73 Å². The molecule has 1 rings (SSSR count). The second-order valence-electron chi connectivity index (χ2n) is 5.07. The number of amides is 1. The van der Waals surface area contributed by atoms with Gasteiger partial charge in [-0.1, -0.05) is 25.5 Å². The van der Waals surface area contributed by atoms with Crippen LogP contribution in [-0.4, -0.2) is 23.9 Å². The molecule has 20 heavy (non-hydrogen) atoms. The molecule has 0 aliphatic heterocycles. The molecule has 0 saturated heterocycles. The van der Waals surface area contributed by atoms with Crippen LogP contribution in [0.15, 0.2) is 24.3 Å². The van der Waals surface area contributed by atoms with E-state index in [0.29, 0.717) is 13.1 Å². The number of carbonyl (C=O) groups is 1. The van der Waals surface area contributed by atoms with Gasteiger partial charge in [-0.2, -0.15) is 0 Å². The minimum atomic E-state index is -0.263. The van der Waals surface area contributed by atoms with Gasteiger partial charge in [-0.25, -0.2) is 4.39 Å². The molecule has 0 heterocycles. The zero-order valence-electron chi connectivity index (χ0n) is 12.6. The fourth-order valence-corrected chi connectivity index (χ4v) is 2.47. The van der Waals surface area contributed by atoms with Gasteiger partial charge in [-0.15, -0.1) is 0 Å². The molecule has 2 N–H and O–H groups in total. The third-order valence-electron chi connectivity index (χ3n) is 3.71. The zero-order valence-corrected chi connectivity index (χ0v) is 12.6.